The fourth-order valence-corrected chi connectivity index (χ4v) is 3.47. The smallest absolute Gasteiger partial charge is 0.185 e. The fourth-order valence-electron chi connectivity index (χ4n) is 1.76. The molecule has 1 aliphatic rings. The highest BCUT2D eigenvalue weighted by Gasteiger charge is 2.15. The van der Waals surface area contributed by atoms with Gasteiger partial charge in [-0.15, -0.1) is 11.3 Å². The molecule has 0 N–H and O–H groups in total. The summed E-state index contributed by atoms with van der Waals surface area (Å²) in [6, 6.07) is 0. The van der Waals surface area contributed by atoms with Crippen LogP contribution in [0.15, 0.2) is 0 Å². The van der Waals surface area contributed by atoms with Crippen LogP contribution in [0.3, 0.4) is 0 Å². The second-order valence-electron chi connectivity index (χ2n) is 3.69. The summed E-state index contributed by atoms with van der Waals surface area (Å²) in [5.41, 5.74) is 1.19. The Hall–Kier alpha value is -0.0900. The number of rotatable bonds is 2. The summed E-state index contributed by atoms with van der Waals surface area (Å²) >= 11 is 5.33. The van der Waals surface area contributed by atoms with Gasteiger partial charge in [-0.25, -0.2) is 4.98 Å². The van der Waals surface area contributed by atoms with Crippen LogP contribution in [0.25, 0.3) is 0 Å². The largest absolute Gasteiger partial charge is 0.348 e. The first-order valence-electron chi connectivity index (χ1n) is 5.08. The van der Waals surface area contributed by atoms with Crippen molar-refractivity contribution in [1.29, 1.82) is 0 Å². The summed E-state index contributed by atoms with van der Waals surface area (Å²) in [6.45, 7) is 4.48. The van der Waals surface area contributed by atoms with E-state index in [1.165, 1.54) is 48.1 Å². The van der Waals surface area contributed by atoms with Gasteiger partial charge in [0.1, 0.15) is 0 Å². The number of nitrogens with zero attached hydrogens (tertiary/aromatic N) is 2. The summed E-state index contributed by atoms with van der Waals surface area (Å²) in [7, 11) is 0. The Bertz CT molecular complexity index is 305. The summed E-state index contributed by atoms with van der Waals surface area (Å²) in [5.74, 6) is 0. The van der Waals surface area contributed by atoms with Crippen molar-refractivity contribution >= 4 is 32.4 Å². The van der Waals surface area contributed by atoms with Crippen molar-refractivity contribution in [1.82, 2.24) is 4.98 Å². The lowest BCUT2D eigenvalue weighted by atomic mass is 10.1. The van der Waals surface area contributed by atoms with Gasteiger partial charge in [-0.1, -0.05) is 15.9 Å². The van der Waals surface area contributed by atoms with Crippen molar-refractivity contribution in [3.05, 3.63) is 10.6 Å². The van der Waals surface area contributed by atoms with Gasteiger partial charge in [0.2, 0.25) is 0 Å². The van der Waals surface area contributed by atoms with Crippen LogP contribution in [-0.2, 0) is 5.33 Å². The molecular formula is C10H15BrN2S. The molecule has 0 aromatic carbocycles. The third-order valence-electron chi connectivity index (χ3n) is 2.63. The zero-order chi connectivity index (χ0) is 9.97. The molecule has 1 fully saturated rings. The van der Waals surface area contributed by atoms with E-state index in [4.69, 9.17) is 0 Å². The van der Waals surface area contributed by atoms with Gasteiger partial charge in [-0.2, -0.15) is 0 Å². The maximum absolute atomic E-state index is 4.62. The number of piperidine rings is 1. The van der Waals surface area contributed by atoms with E-state index >= 15 is 0 Å². The molecule has 4 heteroatoms. The number of thiazole rings is 1. The van der Waals surface area contributed by atoms with E-state index in [2.05, 4.69) is 32.7 Å². The molecule has 1 saturated heterocycles. The van der Waals surface area contributed by atoms with Crippen molar-refractivity contribution in [2.75, 3.05) is 18.0 Å². The monoisotopic (exact) mass is 274 g/mol. The summed E-state index contributed by atoms with van der Waals surface area (Å²) in [5, 5.41) is 2.15. The molecule has 2 rings (SSSR count). The van der Waals surface area contributed by atoms with Crippen LogP contribution in [0.4, 0.5) is 5.13 Å². The van der Waals surface area contributed by atoms with Crippen LogP contribution < -0.4 is 4.90 Å². The van der Waals surface area contributed by atoms with Crippen molar-refractivity contribution in [2.45, 2.75) is 31.5 Å². The van der Waals surface area contributed by atoms with Crippen molar-refractivity contribution in [2.24, 2.45) is 0 Å². The van der Waals surface area contributed by atoms with Gasteiger partial charge >= 0.3 is 0 Å². The Balaban J connectivity index is 2.14. The maximum atomic E-state index is 4.62. The highest BCUT2D eigenvalue weighted by atomic mass is 79.9. The van der Waals surface area contributed by atoms with E-state index in [0.717, 1.165) is 5.33 Å². The van der Waals surface area contributed by atoms with Gasteiger partial charge in [-0.3, -0.25) is 0 Å². The molecule has 1 aromatic heterocycles. The molecule has 0 amide bonds. The van der Waals surface area contributed by atoms with Crippen molar-refractivity contribution in [3.63, 3.8) is 0 Å². The summed E-state index contributed by atoms with van der Waals surface area (Å²) in [4.78, 5) is 8.41. The van der Waals surface area contributed by atoms with Gasteiger partial charge in [0.25, 0.3) is 0 Å². The standard InChI is InChI=1S/C10H15BrN2S/c1-8-9(7-11)14-10(12-8)13-5-3-2-4-6-13/h2-7H2,1H3. The number of hydrogen-bond donors (Lipinski definition) is 0. The quantitative estimate of drug-likeness (QED) is 0.770. The van der Waals surface area contributed by atoms with E-state index in [9.17, 15) is 0 Å². The minimum atomic E-state index is 0.935. The lowest BCUT2D eigenvalue weighted by molar-refractivity contribution is 0.576. The summed E-state index contributed by atoms with van der Waals surface area (Å²) in [6.07, 6.45) is 4.02. The SMILES string of the molecule is Cc1nc(N2CCCCC2)sc1CBr. The predicted octanol–water partition coefficient (Wildman–Crippen LogP) is 3.34. The highest BCUT2D eigenvalue weighted by Crippen LogP contribution is 2.29. The van der Waals surface area contributed by atoms with E-state index in [0.29, 0.717) is 0 Å². The van der Waals surface area contributed by atoms with Crippen LogP contribution in [0.1, 0.15) is 29.8 Å². The third-order valence-corrected chi connectivity index (χ3v) is 4.78. The molecular weight excluding hydrogens is 260 g/mol. The van der Waals surface area contributed by atoms with Gasteiger partial charge in [0.05, 0.1) is 5.69 Å². The Morgan fingerprint density at radius 1 is 1.36 bits per heavy atom. The first-order chi connectivity index (χ1) is 6.81. The fraction of sp³-hybridized carbons (Fsp3) is 0.700. The van der Waals surface area contributed by atoms with E-state index in [1.54, 1.807) is 0 Å². The van der Waals surface area contributed by atoms with Gasteiger partial charge in [0, 0.05) is 23.3 Å². The molecule has 0 saturated carbocycles. The molecule has 0 aliphatic carbocycles. The Morgan fingerprint density at radius 3 is 2.64 bits per heavy atom. The lowest BCUT2D eigenvalue weighted by Crippen LogP contribution is -2.29. The first kappa shape index (κ1) is 10.4. The number of anilines is 1. The molecule has 14 heavy (non-hydrogen) atoms. The number of hydrogen-bond acceptors (Lipinski definition) is 3. The number of aryl methyl sites for hydroxylation is 1. The predicted molar refractivity (Wildman–Crippen MR) is 65.5 cm³/mol. The van der Waals surface area contributed by atoms with Gasteiger partial charge < -0.3 is 4.90 Å². The average Bonchev–Trinajstić information content (AvgIpc) is 2.61. The molecule has 0 radical (unpaired) electrons. The number of halogens is 1. The Labute approximate surface area is 97.5 Å². The highest BCUT2D eigenvalue weighted by molar-refractivity contribution is 9.08. The third kappa shape index (κ3) is 2.11. The van der Waals surface area contributed by atoms with Gasteiger partial charge in [-0.05, 0) is 26.2 Å². The molecule has 1 aromatic rings. The zero-order valence-corrected chi connectivity index (χ0v) is 10.8. The summed E-state index contributed by atoms with van der Waals surface area (Å²) < 4.78 is 0. The van der Waals surface area contributed by atoms with Crippen LogP contribution >= 0.6 is 27.3 Å². The normalized spacial score (nSPS) is 17.4. The molecule has 2 heterocycles. The van der Waals surface area contributed by atoms with Crippen LogP contribution in [0.2, 0.25) is 0 Å². The van der Waals surface area contributed by atoms with E-state index < -0.39 is 0 Å². The van der Waals surface area contributed by atoms with Crippen LogP contribution in [0, 0.1) is 6.92 Å². The van der Waals surface area contributed by atoms with Gasteiger partial charge in [0.15, 0.2) is 5.13 Å². The number of alkyl halides is 1. The molecule has 0 unspecified atom stereocenters. The Morgan fingerprint density at radius 2 is 2.07 bits per heavy atom. The molecule has 0 bridgehead atoms. The van der Waals surface area contributed by atoms with Crippen LogP contribution in [-0.4, -0.2) is 18.1 Å². The molecule has 0 atom stereocenters. The van der Waals surface area contributed by atoms with Crippen molar-refractivity contribution < 1.29 is 0 Å². The van der Waals surface area contributed by atoms with E-state index in [-0.39, 0.29) is 0 Å². The Kier molecular flexibility index (Phi) is 3.44. The number of aromatic nitrogens is 1. The van der Waals surface area contributed by atoms with Crippen molar-refractivity contribution in [3.8, 4) is 0 Å². The molecule has 0 spiro atoms. The second kappa shape index (κ2) is 4.62. The topological polar surface area (TPSA) is 16.1 Å². The lowest BCUT2D eigenvalue weighted by Gasteiger charge is -2.25. The second-order valence-corrected chi connectivity index (χ2v) is 5.31. The molecule has 2 nitrogen and oxygen atoms in total. The van der Waals surface area contributed by atoms with E-state index in [1.807, 2.05) is 11.3 Å². The minimum absolute atomic E-state index is 0.935. The molecule has 78 valence electrons. The van der Waals surface area contributed by atoms with Crippen LogP contribution in [0.5, 0.6) is 0 Å². The zero-order valence-electron chi connectivity index (χ0n) is 8.42. The first-order valence-corrected chi connectivity index (χ1v) is 7.02. The minimum Gasteiger partial charge on any atom is -0.348 e. The maximum Gasteiger partial charge on any atom is 0.185 e. The average molecular weight is 275 g/mol. The molecule has 1 aliphatic heterocycles.